The normalized spacial score (nSPS) is 15.2. The molecule has 1 aliphatic rings. The lowest BCUT2D eigenvalue weighted by Crippen LogP contribution is -2.39. The zero-order valence-corrected chi connectivity index (χ0v) is 15.6. The highest BCUT2D eigenvalue weighted by molar-refractivity contribution is 5.94. The van der Waals surface area contributed by atoms with Gasteiger partial charge in [0.1, 0.15) is 5.82 Å². The van der Waals surface area contributed by atoms with Crippen LogP contribution in [0.25, 0.3) is 0 Å². The fourth-order valence-electron chi connectivity index (χ4n) is 3.06. The van der Waals surface area contributed by atoms with Gasteiger partial charge in [-0.1, -0.05) is 19.1 Å². The van der Waals surface area contributed by atoms with Crippen molar-refractivity contribution in [3.8, 4) is 0 Å². The van der Waals surface area contributed by atoms with Crippen molar-refractivity contribution in [1.29, 1.82) is 0 Å². The first-order valence-corrected chi connectivity index (χ1v) is 9.19. The van der Waals surface area contributed by atoms with Crippen molar-refractivity contribution in [1.82, 2.24) is 25.2 Å². The van der Waals surface area contributed by atoms with Crippen LogP contribution in [0.3, 0.4) is 0 Å². The van der Waals surface area contributed by atoms with Crippen LogP contribution in [0.1, 0.15) is 53.6 Å². The largest absolute Gasteiger partial charge is 0.350 e. The van der Waals surface area contributed by atoms with Gasteiger partial charge in [0, 0.05) is 25.2 Å². The molecule has 0 bridgehead atoms. The van der Waals surface area contributed by atoms with Crippen LogP contribution < -0.4 is 5.32 Å². The van der Waals surface area contributed by atoms with Crippen LogP contribution in [0.4, 0.5) is 4.39 Å². The van der Waals surface area contributed by atoms with Crippen LogP contribution in [0, 0.1) is 11.7 Å². The quantitative estimate of drug-likeness (QED) is 0.872. The van der Waals surface area contributed by atoms with E-state index < -0.39 is 0 Å². The maximum absolute atomic E-state index is 13.0. The Labute approximate surface area is 157 Å². The van der Waals surface area contributed by atoms with E-state index in [9.17, 15) is 14.0 Å². The topological polar surface area (TPSA) is 80.1 Å². The number of likely N-dealkylation sites (tertiary alicyclic amines) is 1. The molecule has 2 heterocycles. The van der Waals surface area contributed by atoms with Gasteiger partial charge in [-0.05, 0) is 43.0 Å². The second-order valence-electron chi connectivity index (χ2n) is 7.22. The molecule has 0 aliphatic carbocycles. The highest BCUT2D eigenvalue weighted by Gasteiger charge is 2.26. The van der Waals surface area contributed by atoms with Gasteiger partial charge in [-0.3, -0.25) is 9.59 Å². The predicted octanol–water partition coefficient (Wildman–Crippen LogP) is 2.28. The number of rotatable bonds is 5. The minimum Gasteiger partial charge on any atom is -0.350 e. The predicted molar refractivity (Wildman–Crippen MR) is 97.8 cm³/mol. The van der Waals surface area contributed by atoms with Gasteiger partial charge in [-0.2, -0.15) is 0 Å². The molecule has 2 amide bonds. The maximum Gasteiger partial charge on any atom is 0.273 e. The number of carbonyl (C=O) groups excluding carboxylic acids is 2. The Morgan fingerprint density at radius 3 is 2.52 bits per heavy atom. The minimum atomic E-state index is -0.357. The number of halogens is 1. The van der Waals surface area contributed by atoms with Gasteiger partial charge in [0.05, 0.1) is 12.2 Å². The average molecular weight is 373 g/mol. The van der Waals surface area contributed by atoms with Gasteiger partial charge >= 0.3 is 0 Å². The molecule has 0 saturated carbocycles. The van der Waals surface area contributed by atoms with Crippen LogP contribution in [0.2, 0.25) is 0 Å². The van der Waals surface area contributed by atoms with Crippen LogP contribution in [0.15, 0.2) is 30.5 Å². The third-order valence-electron chi connectivity index (χ3n) is 4.63. The molecule has 1 saturated heterocycles. The Balaban J connectivity index is 1.55. The summed E-state index contributed by atoms with van der Waals surface area (Å²) in [4.78, 5) is 26.3. The second-order valence-corrected chi connectivity index (χ2v) is 7.22. The van der Waals surface area contributed by atoms with Gasteiger partial charge in [-0.25, -0.2) is 9.07 Å². The van der Waals surface area contributed by atoms with E-state index in [2.05, 4.69) is 15.6 Å². The average Bonchev–Trinajstić information content (AvgIpc) is 3.16. The van der Waals surface area contributed by atoms with Crippen LogP contribution in [0.5, 0.6) is 0 Å². The molecule has 1 N–H and O–H groups in total. The van der Waals surface area contributed by atoms with Crippen LogP contribution in [-0.2, 0) is 0 Å². The van der Waals surface area contributed by atoms with Crippen molar-refractivity contribution in [2.45, 2.75) is 32.7 Å². The Morgan fingerprint density at radius 1 is 1.22 bits per heavy atom. The second kappa shape index (κ2) is 8.28. The lowest BCUT2D eigenvalue weighted by atomic mass is 10.0. The summed E-state index contributed by atoms with van der Waals surface area (Å²) in [6, 6.07) is 5.69. The van der Waals surface area contributed by atoms with E-state index in [4.69, 9.17) is 0 Å². The number of amides is 2. The Morgan fingerprint density at radius 2 is 1.89 bits per heavy atom. The van der Waals surface area contributed by atoms with E-state index in [1.165, 1.54) is 24.3 Å². The van der Waals surface area contributed by atoms with Gasteiger partial charge in [0.15, 0.2) is 5.69 Å². The molecule has 27 heavy (non-hydrogen) atoms. The van der Waals surface area contributed by atoms with Gasteiger partial charge < -0.3 is 10.2 Å². The third-order valence-corrected chi connectivity index (χ3v) is 4.63. The van der Waals surface area contributed by atoms with Crippen molar-refractivity contribution in [2.75, 3.05) is 19.6 Å². The van der Waals surface area contributed by atoms with Gasteiger partial charge in [0.2, 0.25) is 0 Å². The lowest BCUT2D eigenvalue weighted by Gasteiger charge is -2.31. The molecule has 3 rings (SSSR count). The molecule has 1 fully saturated rings. The summed E-state index contributed by atoms with van der Waals surface area (Å²) >= 11 is 0. The number of carbonyl (C=O) groups is 2. The molecule has 2 aromatic rings. The zero-order chi connectivity index (χ0) is 19.4. The molecule has 7 nitrogen and oxygen atoms in total. The molecular weight excluding hydrogens is 349 g/mol. The molecule has 8 heteroatoms. The number of benzene rings is 1. The van der Waals surface area contributed by atoms with Gasteiger partial charge in [0.25, 0.3) is 11.8 Å². The number of aromatic nitrogens is 3. The van der Waals surface area contributed by atoms with E-state index in [1.54, 1.807) is 15.8 Å². The molecule has 0 radical (unpaired) electrons. The summed E-state index contributed by atoms with van der Waals surface area (Å²) in [5, 5.41) is 10.9. The zero-order valence-electron chi connectivity index (χ0n) is 15.6. The number of piperidine rings is 1. The molecular formula is C19H24FN5O2. The number of hydrogen-bond donors (Lipinski definition) is 1. The summed E-state index contributed by atoms with van der Waals surface area (Å²) in [5.74, 6) is -0.309. The Kier molecular flexibility index (Phi) is 5.83. The minimum absolute atomic E-state index is 0.0965. The summed E-state index contributed by atoms with van der Waals surface area (Å²) in [5.41, 5.74) is 0.792. The Hall–Kier alpha value is -2.77. The Bertz CT molecular complexity index is 795. The SMILES string of the molecule is CC(C)CNC(=O)c1cn(C2CCN(C(=O)c3ccc(F)cc3)CC2)nn1. The number of nitrogens with one attached hydrogen (secondary N) is 1. The highest BCUT2D eigenvalue weighted by Crippen LogP contribution is 2.23. The lowest BCUT2D eigenvalue weighted by molar-refractivity contribution is 0.0689. The fourth-order valence-corrected chi connectivity index (χ4v) is 3.06. The standard InChI is InChI=1S/C19H24FN5O2/c1-13(2)11-21-18(26)17-12-25(23-22-17)16-7-9-24(10-8-16)19(27)14-3-5-15(20)6-4-14/h3-6,12-13,16H,7-11H2,1-2H3,(H,21,26). The maximum atomic E-state index is 13.0. The van der Waals surface area contributed by atoms with Crippen molar-refractivity contribution in [2.24, 2.45) is 5.92 Å². The first kappa shape index (κ1) is 19.0. The number of nitrogens with zero attached hydrogens (tertiary/aromatic N) is 4. The van der Waals surface area contributed by atoms with Crippen molar-refractivity contribution < 1.29 is 14.0 Å². The van der Waals surface area contributed by atoms with Crippen molar-refractivity contribution >= 4 is 11.8 Å². The van der Waals surface area contributed by atoms with E-state index in [0.717, 1.165) is 12.8 Å². The van der Waals surface area contributed by atoms with E-state index >= 15 is 0 Å². The summed E-state index contributed by atoms with van der Waals surface area (Å²) in [6.07, 6.45) is 3.12. The first-order valence-electron chi connectivity index (χ1n) is 9.19. The third kappa shape index (κ3) is 4.69. The number of hydrogen-bond acceptors (Lipinski definition) is 4. The monoisotopic (exact) mass is 373 g/mol. The molecule has 144 valence electrons. The van der Waals surface area contributed by atoms with Crippen LogP contribution in [-0.4, -0.2) is 51.3 Å². The fraction of sp³-hybridized carbons (Fsp3) is 0.474. The van der Waals surface area contributed by atoms with Crippen LogP contribution >= 0.6 is 0 Å². The molecule has 1 aliphatic heterocycles. The summed E-state index contributed by atoms with van der Waals surface area (Å²) in [7, 11) is 0. The van der Waals surface area contributed by atoms with E-state index in [1.807, 2.05) is 13.8 Å². The molecule has 0 unspecified atom stereocenters. The van der Waals surface area contributed by atoms with Crippen molar-refractivity contribution in [3.63, 3.8) is 0 Å². The molecule has 1 aromatic heterocycles. The first-order chi connectivity index (χ1) is 12.9. The van der Waals surface area contributed by atoms with Gasteiger partial charge in [-0.15, -0.1) is 5.10 Å². The van der Waals surface area contributed by atoms with E-state index in [0.29, 0.717) is 36.8 Å². The molecule has 1 aromatic carbocycles. The smallest absolute Gasteiger partial charge is 0.273 e. The van der Waals surface area contributed by atoms with E-state index in [-0.39, 0.29) is 23.7 Å². The van der Waals surface area contributed by atoms with Crippen molar-refractivity contribution in [3.05, 3.63) is 47.5 Å². The molecule has 0 atom stereocenters. The summed E-state index contributed by atoms with van der Waals surface area (Å²) in [6.45, 7) is 5.80. The molecule has 0 spiro atoms. The highest BCUT2D eigenvalue weighted by atomic mass is 19.1. The summed E-state index contributed by atoms with van der Waals surface area (Å²) < 4.78 is 14.7.